The number of fused-ring (bicyclic) bond motifs is 1. The number of hydrogen-bond acceptors (Lipinski definition) is 4. The standard InChI is InChI=1S/C17H21F3N2O3/c1-21(2)9-14-11(7-16(23)25-5)10-6-15(24-4)12(17(18,19)20)8-13(10)22(14)3/h6,8H,7,9H2,1-5H3. The van der Waals surface area contributed by atoms with Crippen molar-refractivity contribution in [3.05, 3.63) is 29.0 Å². The largest absolute Gasteiger partial charge is 0.496 e. The van der Waals surface area contributed by atoms with Crippen molar-refractivity contribution in [2.24, 2.45) is 7.05 Å². The van der Waals surface area contributed by atoms with Gasteiger partial charge < -0.3 is 18.9 Å². The van der Waals surface area contributed by atoms with Gasteiger partial charge in [0.1, 0.15) is 5.75 Å². The second-order valence-electron chi connectivity index (χ2n) is 6.04. The topological polar surface area (TPSA) is 43.7 Å². The number of rotatable bonds is 5. The van der Waals surface area contributed by atoms with Gasteiger partial charge in [-0.15, -0.1) is 0 Å². The van der Waals surface area contributed by atoms with Crippen LogP contribution >= 0.6 is 0 Å². The first-order valence-corrected chi connectivity index (χ1v) is 7.57. The molecule has 0 radical (unpaired) electrons. The fourth-order valence-corrected chi connectivity index (χ4v) is 2.90. The van der Waals surface area contributed by atoms with Crippen LogP contribution in [-0.4, -0.2) is 43.8 Å². The summed E-state index contributed by atoms with van der Waals surface area (Å²) in [5.41, 5.74) is 0.949. The van der Waals surface area contributed by atoms with Gasteiger partial charge in [0.15, 0.2) is 0 Å². The van der Waals surface area contributed by atoms with E-state index in [-0.39, 0.29) is 12.2 Å². The molecular formula is C17H21F3N2O3. The molecule has 0 spiro atoms. The average molecular weight is 358 g/mol. The number of methoxy groups -OCH3 is 2. The summed E-state index contributed by atoms with van der Waals surface area (Å²) in [4.78, 5) is 13.7. The Labute approximate surface area is 143 Å². The Hall–Kier alpha value is -2.22. The van der Waals surface area contributed by atoms with E-state index in [0.29, 0.717) is 23.0 Å². The summed E-state index contributed by atoms with van der Waals surface area (Å²) in [7, 11) is 7.86. The molecule has 5 nitrogen and oxygen atoms in total. The van der Waals surface area contributed by atoms with Crippen molar-refractivity contribution >= 4 is 16.9 Å². The summed E-state index contributed by atoms with van der Waals surface area (Å²) >= 11 is 0. The van der Waals surface area contributed by atoms with Crippen LogP contribution < -0.4 is 4.74 Å². The van der Waals surface area contributed by atoms with Crippen molar-refractivity contribution < 1.29 is 27.4 Å². The van der Waals surface area contributed by atoms with Gasteiger partial charge in [-0.2, -0.15) is 13.2 Å². The molecule has 0 N–H and O–H groups in total. The highest BCUT2D eigenvalue weighted by Crippen LogP contribution is 2.40. The maximum Gasteiger partial charge on any atom is 0.420 e. The lowest BCUT2D eigenvalue weighted by molar-refractivity contribution is -0.140. The van der Waals surface area contributed by atoms with E-state index in [1.807, 2.05) is 19.0 Å². The summed E-state index contributed by atoms with van der Waals surface area (Å²) in [5, 5.41) is 0.551. The highest BCUT2D eigenvalue weighted by atomic mass is 19.4. The molecule has 0 bridgehead atoms. The number of benzene rings is 1. The molecule has 0 fully saturated rings. The summed E-state index contributed by atoms with van der Waals surface area (Å²) in [6.45, 7) is 0.473. The number of ether oxygens (including phenoxy) is 2. The minimum absolute atomic E-state index is 0.0223. The van der Waals surface area contributed by atoms with Gasteiger partial charge in [0.2, 0.25) is 0 Å². The van der Waals surface area contributed by atoms with Crippen LogP contribution in [0.1, 0.15) is 16.8 Å². The number of alkyl halides is 3. The SMILES string of the molecule is COC(=O)Cc1c(CN(C)C)n(C)c2cc(C(F)(F)F)c(OC)cc12. The van der Waals surface area contributed by atoms with E-state index in [1.165, 1.54) is 20.3 Å². The first kappa shape index (κ1) is 19.1. The van der Waals surface area contributed by atoms with E-state index in [1.54, 1.807) is 11.6 Å². The van der Waals surface area contributed by atoms with Crippen molar-refractivity contribution in [1.29, 1.82) is 0 Å². The van der Waals surface area contributed by atoms with Crippen LogP contribution in [0, 0.1) is 0 Å². The maximum absolute atomic E-state index is 13.3. The fourth-order valence-electron chi connectivity index (χ4n) is 2.90. The molecular weight excluding hydrogens is 337 g/mol. The molecule has 1 heterocycles. The van der Waals surface area contributed by atoms with Crippen LogP contribution in [0.5, 0.6) is 5.75 Å². The van der Waals surface area contributed by atoms with E-state index in [9.17, 15) is 18.0 Å². The van der Waals surface area contributed by atoms with Crippen LogP contribution in [-0.2, 0) is 35.7 Å². The average Bonchev–Trinajstić information content (AvgIpc) is 2.77. The Morgan fingerprint density at radius 1 is 1.24 bits per heavy atom. The minimum atomic E-state index is -4.53. The van der Waals surface area contributed by atoms with E-state index in [2.05, 4.69) is 0 Å². The third-order valence-corrected chi connectivity index (χ3v) is 4.08. The van der Waals surface area contributed by atoms with Gasteiger partial charge in [0.05, 0.1) is 26.2 Å². The van der Waals surface area contributed by atoms with Crippen molar-refractivity contribution in [2.75, 3.05) is 28.3 Å². The number of aryl methyl sites for hydroxylation is 1. The fraction of sp³-hybridized carbons (Fsp3) is 0.471. The van der Waals surface area contributed by atoms with Crippen LogP contribution in [0.25, 0.3) is 10.9 Å². The van der Waals surface area contributed by atoms with Gasteiger partial charge in [-0.3, -0.25) is 4.79 Å². The molecule has 0 amide bonds. The quantitative estimate of drug-likeness (QED) is 0.771. The molecule has 25 heavy (non-hydrogen) atoms. The second kappa shape index (κ2) is 6.95. The monoisotopic (exact) mass is 358 g/mol. The lowest BCUT2D eigenvalue weighted by Crippen LogP contribution is -2.16. The third kappa shape index (κ3) is 3.73. The molecule has 0 saturated heterocycles. The Kier molecular flexibility index (Phi) is 5.31. The van der Waals surface area contributed by atoms with Gasteiger partial charge in [-0.05, 0) is 31.8 Å². The normalized spacial score (nSPS) is 12.0. The first-order chi connectivity index (χ1) is 11.6. The number of carbonyl (C=O) groups excluding carboxylic acids is 1. The van der Waals surface area contributed by atoms with E-state index in [0.717, 1.165) is 11.8 Å². The molecule has 1 aromatic heterocycles. The summed E-state index contributed by atoms with van der Waals surface area (Å²) in [5.74, 6) is -0.723. The lowest BCUT2D eigenvalue weighted by Gasteiger charge is -2.13. The van der Waals surface area contributed by atoms with Crippen LogP contribution in [0.4, 0.5) is 13.2 Å². The number of hydrogen-bond donors (Lipinski definition) is 0. The van der Waals surface area contributed by atoms with Crippen LogP contribution in [0.2, 0.25) is 0 Å². The highest BCUT2D eigenvalue weighted by Gasteiger charge is 2.35. The molecule has 1 aromatic carbocycles. The minimum Gasteiger partial charge on any atom is -0.496 e. The third-order valence-electron chi connectivity index (χ3n) is 4.08. The Morgan fingerprint density at radius 3 is 2.36 bits per heavy atom. The lowest BCUT2D eigenvalue weighted by atomic mass is 10.0. The summed E-state index contributed by atoms with van der Waals surface area (Å²) < 4.78 is 51.3. The molecule has 0 unspecified atom stereocenters. The van der Waals surface area contributed by atoms with E-state index >= 15 is 0 Å². The molecule has 138 valence electrons. The van der Waals surface area contributed by atoms with Crippen molar-refractivity contribution in [3.8, 4) is 5.75 Å². The predicted molar refractivity (Wildman–Crippen MR) is 87.6 cm³/mol. The smallest absolute Gasteiger partial charge is 0.420 e. The highest BCUT2D eigenvalue weighted by molar-refractivity contribution is 5.91. The molecule has 2 aromatic rings. The van der Waals surface area contributed by atoms with Crippen molar-refractivity contribution in [1.82, 2.24) is 9.47 Å². The summed E-state index contributed by atoms with van der Waals surface area (Å²) in [6, 6.07) is 2.41. The molecule has 2 rings (SSSR count). The maximum atomic E-state index is 13.3. The van der Waals surface area contributed by atoms with Crippen LogP contribution in [0.3, 0.4) is 0 Å². The van der Waals surface area contributed by atoms with Crippen molar-refractivity contribution in [2.45, 2.75) is 19.1 Å². The van der Waals surface area contributed by atoms with E-state index < -0.39 is 17.7 Å². The Bertz CT molecular complexity index is 795. The molecule has 0 saturated carbocycles. The van der Waals surface area contributed by atoms with Crippen molar-refractivity contribution in [3.63, 3.8) is 0 Å². The number of halogens is 3. The molecule has 0 aliphatic rings. The van der Waals surface area contributed by atoms with E-state index in [4.69, 9.17) is 9.47 Å². The second-order valence-corrected chi connectivity index (χ2v) is 6.04. The van der Waals surface area contributed by atoms with Crippen LogP contribution in [0.15, 0.2) is 12.1 Å². The molecule has 0 aliphatic heterocycles. The zero-order valence-electron chi connectivity index (χ0n) is 14.8. The number of nitrogens with zero attached hydrogens (tertiary/aromatic N) is 2. The van der Waals surface area contributed by atoms with Gasteiger partial charge in [-0.1, -0.05) is 0 Å². The summed E-state index contributed by atoms with van der Waals surface area (Å²) in [6.07, 6.45) is -4.56. The van der Waals surface area contributed by atoms with Gasteiger partial charge in [0, 0.05) is 30.2 Å². The predicted octanol–water partition coefficient (Wildman–Crippen LogP) is 2.98. The van der Waals surface area contributed by atoms with Gasteiger partial charge >= 0.3 is 12.1 Å². The molecule has 0 atom stereocenters. The number of carbonyl (C=O) groups is 1. The molecule has 0 aliphatic carbocycles. The number of aromatic nitrogens is 1. The van der Waals surface area contributed by atoms with Gasteiger partial charge in [-0.25, -0.2) is 0 Å². The Balaban J connectivity index is 2.79. The van der Waals surface area contributed by atoms with Gasteiger partial charge in [0.25, 0.3) is 0 Å². The Morgan fingerprint density at radius 2 is 1.88 bits per heavy atom. The zero-order chi connectivity index (χ0) is 18.9. The first-order valence-electron chi connectivity index (χ1n) is 7.57. The zero-order valence-corrected chi connectivity index (χ0v) is 14.8. The number of esters is 1. The molecule has 8 heteroatoms.